The average molecular weight is 446 g/mol. The number of benzene rings is 1. The van der Waals surface area contributed by atoms with Crippen molar-refractivity contribution in [1.82, 2.24) is 4.90 Å². The second-order valence-electron chi connectivity index (χ2n) is 8.07. The highest BCUT2D eigenvalue weighted by Gasteiger charge is 2.54. The van der Waals surface area contributed by atoms with Crippen LogP contribution in [0.15, 0.2) is 35.3 Å². The van der Waals surface area contributed by atoms with E-state index in [1.807, 2.05) is 6.07 Å². The molecular formula is C20H25F3N2O4S. The van der Waals surface area contributed by atoms with Crippen LogP contribution >= 0.6 is 11.8 Å². The summed E-state index contributed by atoms with van der Waals surface area (Å²) in [6.07, 6.45) is -8.65. The van der Waals surface area contributed by atoms with Crippen molar-refractivity contribution >= 4 is 23.0 Å². The number of aliphatic imine (C=N–C) groups is 1. The number of nitrogens with zero attached hydrogens (tertiary/aromatic N) is 2. The predicted octanol–water partition coefficient (Wildman–Crippen LogP) is 4.24. The SMILES string of the molecule is CN(C(=O)OC(C)(C)C)C1=N[C@@H]2[C@H](F)[C@H](OCc3ccccc3)[C@@H](C(F)F)O[C@@H]2S1. The van der Waals surface area contributed by atoms with Crippen molar-refractivity contribution in [2.75, 3.05) is 7.05 Å². The lowest BCUT2D eigenvalue weighted by molar-refractivity contribution is -0.199. The van der Waals surface area contributed by atoms with Gasteiger partial charge in [0.1, 0.15) is 29.3 Å². The van der Waals surface area contributed by atoms with Gasteiger partial charge in [0.2, 0.25) is 0 Å². The van der Waals surface area contributed by atoms with Gasteiger partial charge in [0.25, 0.3) is 6.43 Å². The van der Waals surface area contributed by atoms with Gasteiger partial charge in [-0.1, -0.05) is 42.1 Å². The van der Waals surface area contributed by atoms with Crippen LogP contribution in [0.5, 0.6) is 0 Å². The summed E-state index contributed by atoms with van der Waals surface area (Å²) < 4.78 is 58.7. The molecule has 1 saturated heterocycles. The van der Waals surface area contributed by atoms with Crippen LogP contribution in [0.25, 0.3) is 0 Å². The van der Waals surface area contributed by atoms with Gasteiger partial charge in [-0.3, -0.25) is 9.89 Å². The Labute approximate surface area is 177 Å². The van der Waals surface area contributed by atoms with Crippen LogP contribution in [0.4, 0.5) is 18.0 Å². The molecule has 0 aliphatic carbocycles. The van der Waals surface area contributed by atoms with Crippen molar-refractivity contribution in [3.63, 3.8) is 0 Å². The van der Waals surface area contributed by atoms with Crippen LogP contribution in [0, 0.1) is 0 Å². The third-order valence-electron chi connectivity index (χ3n) is 4.50. The van der Waals surface area contributed by atoms with Crippen molar-refractivity contribution in [3.05, 3.63) is 35.9 Å². The second kappa shape index (κ2) is 9.15. The Balaban J connectivity index is 1.73. The molecule has 1 aromatic rings. The summed E-state index contributed by atoms with van der Waals surface area (Å²) >= 11 is 0.922. The fourth-order valence-corrected chi connectivity index (χ4v) is 4.22. The molecule has 1 fully saturated rings. The van der Waals surface area contributed by atoms with E-state index in [0.29, 0.717) is 0 Å². The lowest BCUT2D eigenvalue weighted by Crippen LogP contribution is -2.56. The van der Waals surface area contributed by atoms with Crippen LogP contribution < -0.4 is 0 Å². The molecule has 0 bridgehead atoms. The largest absolute Gasteiger partial charge is 0.443 e. The molecule has 0 spiro atoms. The summed E-state index contributed by atoms with van der Waals surface area (Å²) in [6.45, 7) is 5.11. The number of ether oxygens (including phenoxy) is 3. The number of amidine groups is 1. The molecule has 0 unspecified atom stereocenters. The standard InChI is InChI=1S/C20H25F3N2O4S/c1-20(2,3)29-19(26)25(4)18-24-13-12(21)14(15(16(22)23)28-17(13)30-18)27-10-11-8-6-5-7-9-11/h5-9,12-17H,10H2,1-4H3/t12-,13+,14-,15-,17+/m0/s1. The predicted molar refractivity (Wildman–Crippen MR) is 107 cm³/mol. The Morgan fingerprint density at radius 2 is 1.97 bits per heavy atom. The molecule has 2 aliphatic heterocycles. The van der Waals surface area contributed by atoms with Gasteiger partial charge >= 0.3 is 6.09 Å². The molecule has 0 radical (unpaired) electrons. The fourth-order valence-electron chi connectivity index (χ4n) is 3.06. The zero-order valence-electron chi connectivity index (χ0n) is 17.1. The minimum Gasteiger partial charge on any atom is -0.443 e. The molecule has 2 aliphatic rings. The van der Waals surface area contributed by atoms with Crippen molar-refractivity contribution in [2.45, 2.75) is 69.3 Å². The highest BCUT2D eigenvalue weighted by molar-refractivity contribution is 8.14. The third kappa shape index (κ3) is 5.28. The third-order valence-corrected chi connectivity index (χ3v) is 5.72. The van der Waals surface area contributed by atoms with E-state index in [9.17, 15) is 13.6 Å². The molecule has 10 heteroatoms. The fraction of sp³-hybridized carbons (Fsp3) is 0.600. The average Bonchev–Trinajstić information content (AvgIpc) is 3.10. The van der Waals surface area contributed by atoms with Crippen molar-refractivity contribution in [2.24, 2.45) is 4.99 Å². The summed E-state index contributed by atoms with van der Waals surface area (Å²) in [5.41, 5.74) is -0.969. The minimum absolute atomic E-state index is 0.0303. The maximum atomic E-state index is 15.2. The molecule has 3 rings (SSSR count). The molecule has 30 heavy (non-hydrogen) atoms. The maximum Gasteiger partial charge on any atom is 0.416 e. The Morgan fingerprint density at radius 1 is 1.30 bits per heavy atom. The van der Waals surface area contributed by atoms with Gasteiger partial charge in [-0.05, 0) is 26.3 Å². The number of carbonyl (C=O) groups excluding carboxylic acids is 1. The monoisotopic (exact) mass is 446 g/mol. The number of fused-ring (bicyclic) bond motifs is 1. The van der Waals surface area contributed by atoms with E-state index in [1.165, 1.54) is 7.05 Å². The quantitative estimate of drug-likeness (QED) is 0.693. The molecular weight excluding hydrogens is 421 g/mol. The first-order valence-corrected chi connectivity index (χ1v) is 10.4. The first kappa shape index (κ1) is 22.9. The van der Waals surface area contributed by atoms with E-state index >= 15 is 4.39 Å². The summed E-state index contributed by atoms with van der Waals surface area (Å²) in [6, 6.07) is 7.82. The first-order valence-electron chi connectivity index (χ1n) is 9.51. The topological polar surface area (TPSA) is 60.4 Å². The Kier molecular flexibility index (Phi) is 6.98. The van der Waals surface area contributed by atoms with Crippen molar-refractivity contribution in [1.29, 1.82) is 0 Å². The second-order valence-corrected chi connectivity index (χ2v) is 9.13. The number of carbonyl (C=O) groups is 1. The molecule has 0 aromatic heterocycles. The van der Waals surface area contributed by atoms with Gasteiger partial charge in [0.15, 0.2) is 11.3 Å². The zero-order valence-corrected chi connectivity index (χ0v) is 17.9. The van der Waals surface area contributed by atoms with E-state index in [2.05, 4.69) is 4.99 Å². The number of hydrogen-bond acceptors (Lipinski definition) is 6. The Bertz CT molecular complexity index is 775. The maximum absolute atomic E-state index is 15.2. The van der Waals surface area contributed by atoms with Crippen LogP contribution in [0.3, 0.4) is 0 Å². The van der Waals surface area contributed by atoms with Gasteiger partial charge in [-0.15, -0.1) is 0 Å². The van der Waals surface area contributed by atoms with Gasteiger partial charge in [-0.25, -0.2) is 18.0 Å². The number of amides is 1. The van der Waals surface area contributed by atoms with Gasteiger partial charge in [0, 0.05) is 7.05 Å². The summed E-state index contributed by atoms with van der Waals surface area (Å²) in [5, 5.41) is 0.152. The molecule has 6 nitrogen and oxygen atoms in total. The number of rotatable bonds is 4. The molecule has 166 valence electrons. The first-order chi connectivity index (χ1) is 14.1. The zero-order chi connectivity index (χ0) is 22.1. The van der Waals surface area contributed by atoms with Gasteiger partial charge < -0.3 is 14.2 Å². The van der Waals surface area contributed by atoms with Crippen molar-refractivity contribution in [3.8, 4) is 0 Å². The van der Waals surface area contributed by atoms with E-state index in [4.69, 9.17) is 14.2 Å². The van der Waals surface area contributed by atoms with Crippen LogP contribution in [0.2, 0.25) is 0 Å². The van der Waals surface area contributed by atoms with Crippen LogP contribution in [0.1, 0.15) is 26.3 Å². The summed E-state index contributed by atoms with van der Waals surface area (Å²) in [5.74, 6) is 0. The van der Waals surface area contributed by atoms with E-state index in [0.717, 1.165) is 22.2 Å². The van der Waals surface area contributed by atoms with E-state index in [1.54, 1.807) is 45.0 Å². The summed E-state index contributed by atoms with van der Waals surface area (Å²) in [4.78, 5) is 17.6. The Hall–Kier alpha value is -1.78. The number of alkyl halides is 3. The normalized spacial score (nSPS) is 28.8. The van der Waals surface area contributed by atoms with Crippen LogP contribution in [-0.4, -0.2) is 65.1 Å². The molecule has 0 N–H and O–H groups in total. The lowest BCUT2D eigenvalue weighted by Gasteiger charge is -2.39. The number of halogens is 3. The lowest BCUT2D eigenvalue weighted by atomic mass is 9.99. The molecule has 1 amide bonds. The van der Waals surface area contributed by atoms with Gasteiger partial charge in [0.05, 0.1) is 6.61 Å². The van der Waals surface area contributed by atoms with E-state index < -0.39 is 48.0 Å². The van der Waals surface area contributed by atoms with Crippen LogP contribution in [-0.2, 0) is 20.8 Å². The molecule has 1 aromatic carbocycles. The molecule has 0 saturated carbocycles. The molecule has 2 heterocycles. The Morgan fingerprint density at radius 3 is 2.57 bits per heavy atom. The van der Waals surface area contributed by atoms with E-state index in [-0.39, 0.29) is 11.8 Å². The minimum atomic E-state index is -2.93. The number of hydrogen-bond donors (Lipinski definition) is 0. The molecule has 5 atom stereocenters. The highest BCUT2D eigenvalue weighted by atomic mass is 32.2. The smallest absolute Gasteiger partial charge is 0.416 e. The summed E-state index contributed by atoms with van der Waals surface area (Å²) in [7, 11) is 1.43. The number of thioether (sulfide) groups is 1. The van der Waals surface area contributed by atoms with Crippen molar-refractivity contribution < 1.29 is 32.2 Å². The van der Waals surface area contributed by atoms with Gasteiger partial charge in [-0.2, -0.15) is 0 Å². The highest BCUT2D eigenvalue weighted by Crippen LogP contribution is 2.41.